The molecule has 2 aromatic carbocycles. The molecule has 0 spiro atoms. The predicted octanol–water partition coefficient (Wildman–Crippen LogP) is 2.63. The smallest absolute Gasteiger partial charge is 0.350 e. The van der Waals surface area contributed by atoms with Gasteiger partial charge in [0, 0.05) is 11.1 Å². The van der Waals surface area contributed by atoms with Crippen molar-refractivity contribution in [3.63, 3.8) is 0 Å². The fourth-order valence-corrected chi connectivity index (χ4v) is 4.53. The Bertz CT molecular complexity index is 1340. The molecule has 0 saturated heterocycles. The number of hydrogen-bond donors (Lipinski definition) is 2. The van der Waals surface area contributed by atoms with Crippen molar-refractivity contribution in [3.8, 4) is 0 Å². The fraction of sp³-hybridized carbons (Fsp3) is 0.125. The summed E-state index contributed by atoms with van der Waals surface area (Å²) in [5.74, 6) is -19.6. The van der Waals surface area contributed by atoms with Crippen molar-refractivity contribution in [2.24, 2.45) is 0 Å². The van der Waals surface area contributed by atoms with Crippen LogP contribution in [0.5, 0.6) is 0 Å². The second kappa shape index (κ2) is 8.40. The molecule has 9 nitrogen and oxygen atoms in total. The third-order valence-electron chi connectivity index (χ3n) is 4.11. The first kappa shape index (κ1) is 26.2. The van der Waals surface area contributed by atoms with Crippen LogP contribution in [0.3, 0.4) is 0 Å². The number of esters is 2. The van der Waals surface area contributed by atoms with Gasteiger partial charge < -0.3 is 4.74 Å². The molecule has 0 fully saturated rings. The zero-order valence-electron chi connectivity index (χ0n) is 15.8. The Hall–Kier alpha value is -3.02. The molecule has 0 unspecified atom stereocenters. The molecule has 0 heterocycles. The van der Waals surface area contributed by atoms with Crippen molar-refractivity contribution in [3.05, 3.63) is 57.2 Å². The lowest BCUT2D eigenvalue weighted by Crippen LogP contribution is -2.24. The van der Waals surface area contributed by atoms with E-state index in [2.05, 4.69) is 4.74 Å². The summed E-state index contributed by atoms with van der Waals surface area (Å²) in [6.45, 7) is 0.933. The number of carbonyl (C=O) groups excluding carboxylic acids is 2. The van der Waals surface area contributed by atoms with Gasteiger partial charge in [0.05, 0.1) is 0 Å². The normalized spacial score (nSPS) is 12.1. The molecule has 0 amide bonds. The Morgan fingerprint density at radius 1 is 0.606 bits per heavy atom. The number of rotatable bonds is 4. The standard InChI is InChI=1S/C16H8F6O9S2/c1-3-7(17)11(21)9(19)5(13(3)32(25,26)27)15(23)31-16(24)6-10(20)12(22)8(18)4(2)14(6)33(28,29)30/h1-2H3,(H,25,26,27)(H,28,29,30). The van der Waals surface area contributed by atoms with Gasteiger partial charge in [-0.2, -0.15) is 16.8 Å². The molecular weight excluding hydrogens is 514 g/mol. The van der Waals surface area contributed by atoms with Crippen LogP contribution in [0.15, 0.2) is 9.79 Å². The average molecular weight is 522 g/mol. The third-order valence-corrected chi connectivity index (χ3v) is 6.17. The maximum Gasteiger partial charge on any atom is 0.350 e. The molecule has 0 aliphatic carbocycles. The Morgan fingerprint density at radius 2 is 0.879 bits per heavy atom. The number of hydrogen-bond acceptors (Lipinski definition) is 7. The largest absolute Gasteiger partial charge is 0.385 e. The molecule has 2 rings (SSSR count). The van der Waals surface area contributed by atoms with Crippen molar-refractivity contribution in [2.45, 2.75) is 23.6 Å². The van der Waals surface area contributed by atoms with Crippen LogP contribution < -0.4 is 0 Å². The predicted molar refractivity (Wildman–Crippen MR) is 91.5 cm³/mol. The summed E-state index contributed by atoms with van der Waals surface area (Å²) in [6.07, 6.45) is 0. The van der Waals surface area contributed by atoms with Gasteiger partial charge in [0.2, 0.25) is 0 Å². The summed E-state index contributed by atoms with van der Waals surface area (Å²) < 4.78 is 151. The zero-order chi connectivity index (χ0) is 25.8. The molecule has 33 heavy (non-hydrogen) atoms. The van der Waals surface area contributed by atoms with E-state index < -0.39 is 99.1 Å². The van der Waals surface area contributed by atoms with Crippen molar-refractivity contribution in [2.75, 3.05) is 0 Å². The molecule has 0 aromatic heterocycles. The van der Waals surface area contributed by atoms with E-state index in [1.54, 1.807) is 0 Å². The van der Waals surface area contributed by atoms with Gasteiger partial charge in [-0.3, -0.25) is 9.11 Å². The minimum Gasteiger partial charge on any atom is -0.385 e. The number of halogens is 6. The highest BCUT2D eigenvalue weighted by molar-refractivity contribution is 7.86. The van der Waals surface area contributed by atoms with E-state index in [0.717, 1.165) is 0 Å². The fourth-order valence-electron chi connectivity index (χ4n) is 2.71. The van der Waals surface area contributed by atoms with Crippen LogP contribution in [0.1, 0.15) is 31.8 Å². The molecule has 0 saturated carbocycles. The first-order valence-electron chi connectivity index (χ1n) is 7.89. The second-order valence-corrected chi connectivity index (χ2v) is 8.89. The monoisotopic (exact) mass is 522 g/mol. The van der Waals surface area contributed by atoms with Crippen LogP contribution in [0.2, 0.25) is 0 Å². The molecule has 17 heteroatoms. The molecule has 0 atom stereocenters. The van der Waals surface area contributed by atoms with E-state index in [4.69, 9.17) is 9.11 Å². The first-order valence-corrected chi connectivity index (χ1v) is 10.8. The molecule has 2 N–H and O–H groups in total. The van der Waals surface area contributed by atoms with E-state index in [9.17, 15) is 52.8 Å². The summed E-state index contributed by atoms with van der Waals surface area (Å²) in [5, 5.41) is 0. The van der Waals surface area contributed by atoms with Crippen molar-refractivity contribution < 1.29 is 66.6 Å². The quantitative estimate of drug-likeness (QED) is 0.203. The number of ether oxygens (including phenoxy) is 1. The molecule has 2 aromatic rings. The molecule has 180 valence electrons. The molecule has 0 bridgehead atoms. The van der Waals surface area contributed by atoms with Crippen LogP contribution in [0, 0.1) is 48.8 Å². The lowest BCUT2D eigenvalue weighted by atomic mass is 10.1. The van der Waals surface area contributed by atoms with E-state index in [1.807, 2.05) is 0 Å². The van der Waals surface area contributed by atoms with Gasteiger partial charge >= 0.3 is 11.9 Å². The van der Waals surface area contributed by atoms with Crippen molar-refractivity contribution in [1.29, 1.82) is 0 Å². The summed E-state index contributed by atoms with van der Waals surface area (Å²) in [6, 6.07) is 0. The summed E-state index contributed by atoms with van der Waals surface area (Å²) in [5.41, 5.74) is -6.92. The SMILES string of the molecule is Cc1c(F)c(F)c(F)c(C(=O)OC(=O)c2c(F)c(F)c(F)c(C)c2S(=O)(=O)O)c1S(=O)(=O)O. The van der Waals surface area contributed by atoms with Crippen LogP contribution in [-0.2, 0) is 25.0 Å². The Kier molecular flexibility index (Phi) is 6.68. The van der Waals surface area contributed by atoms with Crippen LogP contribution in [0.4, 0.5) is 26.3 Å². The summed E-state index contributed by atoms with van der Waals surface area (Å²) in [7, 11) is -11.4. The Balaban J connectivity index is 2.80. The van der Waals surface area contributed by atoms with Crippen molar-refractivity contribution >= 4 is 32.2 Å². The Morgan fingerprint density at radius 3 is 1.12 bits per heavy atom. The van der Waals surface area contributed by atoms with E-state index in [0.29, 0.717) is 13.8 Å². The van der Waals surface area contributed by atoms with Gasteiger partial charge in [0.1, 0.15) is 20.9 Å². The highest BCUT2D eigenvalue weighted by Crippen LogP contribution is 2.32. The summed E-state index contributed by atoms with van der Waals surface area (Å²) >= 11 is 0. The van der Waals surface area contributed by atoms with Gasteiger partial charge in [-0.25, -0.2) is 35.9 Å². The van der Waals surface area contributed by atoms with Gasteiger partial charge in [-0.05, 0) is 13.8 Å². The highest BCUT2D eigenvalue weighted by atomic mass is 32.2. The molecular formula is C16H8F6O9S2. The first-order chi connectivity index (χ1) is 14.8. The minimum atomic E-state index is -5.71. The van der Waals surface area contributed by atoms with Gasteiger partial charge in [-0.1, -0.05) is 0 Å². The van der Waals surface area contributed by atoms with E-state index in [1.165, 1.54) is 0 Å². The maximum atomic E-state index is 14.1. The van der Waals surface area contributed by atoms with Crippen molar-refractivity contribution in [1.82, 2.24) is 0 Å². The molecule has 0 aliphatic rings. The minimum absolute atomic E-state index is 0.467. The highest BCUT2D eigenvalue weighted by Gasteiger charge is 2.38. The van der Waals surface area contributed by atoms with Crippen LogP contribution in [-0.4, -0.2) is 37.9 Å². The maximum absolute atomic E-state index is 14.1. The topological polar surface area (TPSA) is 152 Å². The van der Waals surface area contributed by atoms with E-state index in [-0.39, 0.29) is 0 Å². The second-order valence-electron chi connectivity index (χ2n) is 6.17. The third kappa shape index (κ3) is 4.43. The van der Waals surface area contributed by atoms with Crippen LogP contribution in [0.25, 0.3) is 0 Å². The van der Waals surface area contributed by atoms with Gasteiger partial charge in [0.25, 0.3) is 20.2 Å². The van der Waals surface area contributed by atoms with Gasteiger partial charge in [0.15, 0.2) is 34.9 Å². The lowest BCUT2D eigenvalue weighted by Gasteiger charge is -2.14. The summed E-state index contributed by atoms with van der Waals surface area (Å²) in [4.78, 5) is 20.6. The number of carbonyl (C=O) groups is 2. The zero-order valence-corrected chi connectivity index (χ0v) is 17.5. The van der Waals surface area contributed by atoms with E-state index >= 15 is 0 Å². The lowest BCUT2D eigenvalue weighted by molar-refractivity contribution is 0.0382. The Labute approximate surface area is 180 Å². The average Bonchev–Trinajstić information content (AvgIpc) is 2.67. The van der Waals surface area contributed by atoms with Crippen LogP contribution >= 0.6 is 0 Å². The molecule has 0 radical (unpaired) electrons. The number of benzene rings is 2. The molecule has 0 aliphatic heterocycles. The van der Waals surface area contributed by atoms with Gasteiger partial charge in [-0.15, -0.1) is 0 Å².